The molecule has 2 aromatic heterocycles. The zero-order valence-electron chi connectivity index (χ0n) is 13.9. The topological polar surface area (TPSA) is 64.7 Å². The number of nitrogens with one attached hydrogen (secondary N) is 1. The van der Waals surface area contributed by atoms with Crippen LogP contribution in [0.25, 0.3) is 0 Å². The summed E-state index contributed by atoms with van der Waals surface area (Å²) in [5.41, 5.74) is 1.82. The summed E-state index contributed by atoms with van der Waals surface area (Å²) in [6.07, 6.45) is 3.78. The first-order valence-electron chi connectivity index (χ1n) is 7.87. The Bertz CT molecular complexity index is 902. The zero-order chi connectivity index (χ0) is 18.7. The van der Waals surface area contributed by atoms with E-state index in [0.717, 1.165) is 14.8 Å². The summed E-state index contributed by atoms with van der Waals surface area (Å²) in [6.45, 7) is 2.83. The number of halogens is 3. The van der Waals surface area contributed by atoms with Crippen molar-refractivity contribution in [1.82, 2.24) is 19.6 Å². The highest BCUT2D eigenvalue weighted by atomic mass is 127. The molecular formula is C17H16ClFIN5O. The lowest BCUT2D eigenvalue weighted by Crippen LogP contribution is -2.15. The van der Waals surface area contributed by atoms with E-state index in [1.54, 1.807) is 27.7 Å². The number of aromatic nitrogens is 4. The molecule has 26 heavy (non-hydrogen) atoms. The second-order valence-electron chi connectivity index (χ2n) is 5.77. The number of carbonyl (C=O) groups is 1. The number of nitrogens with zero attached hydrogens (tertiary/aromatic N) is 4. The fraction of sp³-hybridized carbons (Fsp3) is 0.235. The van der Waals surface area contributed by atoms with Gasteiger partial charge in [-0.3, -0.25) is 14.2 Å². The number of hydrogen-bond acceptors (Lipinski definition) is 3. The quantitative estimate of drug-likeness (QED) is 0.537. The average molecular weight is 488 g/mol. The van der Waals surface area contributed by atoms with E-state index >= 15 is 0 Å². The molecule has 1 amide bonds. The van der Waals surface area contributed by atoms with Crippen LogP contribution in [0.5, 0.6) is 0 Å². The van der Waals surface area contributed by atoms with Crippen molar-refractivity contribution in [1.29, 1.82) is 0 Å². The Morgan fingerprint density at radius 3 is 2.62 bits per heavy atom. The minimum Gasteiger partial charge on any atom is -0.308 e. The molecule has 3 rings (SSSR count). The van der Waals surface area contributed by atoms with Crippen LogP contribution in [0, 0.1) is 16.3 Å². The molecule has 0 aliphatic heterocycles. The van der Waals surface area contributed by atoms with Gasteiger partial charge < -0.3 is 5.32 Å². The number of rotatable bonds is 6. The normalized spacial score (nSPS) is 10.9. The highest BCUT2D eigenvalue weighted by Gasteiger charge is 2.12. The Morgan fingerprint density at radius 1 is 1.23 bits per heavy atom. The van der Waals surface area contributed by atoms with E-state index in [4.69, 9.17) is 11.6 Å². The van der Waals surface area contributed by atoms with Crippen LogP contribution in [0.2, 0.25) is 5.02 Å². The van der Waals surface area contributed by atoms with Gasteiger partial charge in [0.15, 0.2) is 5.82 Å². The van der Waals surface area contributed by atoms with Crippen LogP contribution in [0.3, 0.4) is 0 Å². The van der Waals surface area contributed by atoms with Crippen LogP contribution in [-0.4, -0.2) is 25.5 Å². The van der Waals surface area contributed by atoms with Crippen molar-refractivity contribution in [2.45, 2.75) is 26.4 Å². The predicted octanol–water partition coefficient (Wildman–Crippen LogP) is 3.86. The third-order valence-corrected chi connectivity index (χ3v) is 5.02. The van der Waals surface area contributed by atoms with E-state index in [1.165, 1.54) is 12.1 Å². The Kier molecular flexibility index (Phi) is 5.92. The lowest BCUT2D eigenvalue weighted by molar-refractivity contribution is -0.116. The summed E-state index contributed by atoms with van der Waals surface area (Å²) in [4.78, 5) is 12.1. The zero-order valence-corrected chi connectivity index (χ0v) is 16.8. The van der Waals surface area contributed by atoms with E-state index in [1.807, 2.05) is 13.1 Å². The number of hydrogen-bond donors (Lipinski definition) is 1. The molecule has 0 radical (unpaired) electrons. The Hall–Kier alpha value is -1.94. The van der Waals surface area contributed by atoms with Crippen LogP contribution < -0.4 is 5.32 Å². The van der Waals surface area contributed by atoms with Crippen LogP contribution in [0.1, 0.15) is 17.7 Å². The van der Waals surface area contributed by atoms with Crippen LogP contribution in [0.15, 0.2) is 36.7 Å². The van der Waals surface area contributed by atoms with Crippen molar-refractivity contribution in [3.63, 3.8) is 0 Å². The van der Waals surface area contributed by atoms with Crippen molar-refractivity contribution in [2.75, 3.05) is 5.32 Å². The van der Waals surface area contributed by atoms with Gasteiger partial charge in [0.05, 0.1) is 15.8 Å². The maximum atomic E-state index is 13.0. The minimum absolute atomic E-state index is 0.193. The third kappa shape index (κ3) is 4.82. The molecule has 1 aromatic carbocycles. The lowest BCUT2D eigenvalue weighted by atomic mass is 10.2. The van der Waals surface area contributed by atoms with Gasteiger partial charge in [0, 0.05) is 25.4 Å². The van der Waals surface area contributed by atoms with Crippen molar-refractivity contribution >= 4 is 45.9 Å². The summed E-state index contributed by atoms with van der Waals surface area (Å²) in [5.74, 6) is -0.172. The van der Waals surface area contributed by atoms with Crippen molar-refractivity contribution in [3.8, 4) is 0 Å². The van der Waals surface area contributed by atoms with E-state index in [9.17, 15) is 9.18 Å². The molecule has 9 heteroatoms. The highest BCUT2D eigenvalue weighted by molar-refractivity contribution is 14.1. The van der Waals surface area contributed by atoms with Gasteiger partial charge in [0.1, 0.15) is 10.8 Å². The van der Waals surface area contributed by atoms with Crippen LogP contribution in [-0.2, 0) is 17.9 Å². The molecule has 136 valence electrons. The summed E-state index contributed by atoms with van der Waals surface area (Å²) in [7, 11) is 0. The van der Waals surface area contributed by atoms with Gasteiger partial charge in [-0.1, -0.05) is 23.7 Å². The summed E-state index contributed by atoms with van der Waals surface area (Å²) in [6, 6.07) is 6.13. The van der Waals surface area contributed by atoms with Crippen molar-refractivity contribution < 1.29 is 9.18 Å². The van der Waals surface area contributed by atoms with Crippen molar-refractivity contribution in [2.24, 2.45) is 0 Å². The van der Waals surface area contributed by atoms with Crippen LogP contribution >= 0.6 is 34.2 Å². The first-order chi connectivity index (χ1) is 12.4. The number of aryl methyl sites for hydroxylation is 2. The van der Waals surface area contributed by atoms with Gasteiger partial charge >= 0.3 is 0 Å². The molecule has 2 heterocycles. The summed E-state index contributed by atoms with van der Waals surface area (Å²) in [5, 5.41) is 11.7. The molecule has 0 fully saturated rings. The van der Waals surface area contributed by atoms with Gasteiger partial charge in [-0.25, -0.2) is 4.39 Å². The first kappa shape index (κ1) is 18.8. The molecule has 6 nitrogen and oxygen atoms in total. The molecule has 3 aromatic rings. The molecule has 0 saturated carbocycles. The molecule has 0 unspecified atom stereocenters. The molecule has 0 saturated heterocycles. The molecule has 0 aliphatic carbocycles. The second kappa shape index (κ2) is 8.17. The fourth-order valence-corrected chi connectivity index (χ4v) is 2.99. The fourth-order valence-electron chi connectivity index (χ4n) is 2.36. The minimum atomic E-state index is -0.290. The van der Waals surface area contributed by atoms with Gasteiger partial charge in [-0.05, 0) is 47.2 Å². The number of carbonyl (C=O) groups excluding carboxylic acids is 1. The maximum Gasteiger partial charge on any atom is 0.227 e. The summed E-state index contributed by atoms with van der Waals surface area (Å²) >= 11 is 8.35. The Morgan fingerprint density at radius 2 is 1.96 bits per heavy atom. The van der Waals surface area contributed by atoms with Gasteiger partial charge in [-0.15, -0.1) is 0 Å². The molecule has 0 bridgehead atoms. The maximum absolute atomic E-state index is 13.0. The Balaban J connectivity index is 1.58. The molecule has 0 atom stereocenters. The van der Waals surface area contributed by atoms with Crippen molar-refractivity contribution in [3.05, 3.63) is 62.3 Å². The van der Waals surface area contributed by atoms with E-state index in [-0.39, 0.29) is 18.1 Å². The van der Waals surface area contributed by atoms with E-state index < -0.39 is 0 Å². The standard InChI is InChI=1S/C17H16ClFIN5O/c1-11-15(20)10-24(22-11)7-6-16(26)21-17-14(18)9-25(23-17)8-12-2-4-13(19)5-3-12/h2-5,9-10H,6-8H2,1H3,(H,21,23,26). The first-order valence-corrected chi connectivity index (χ1v) is 9.33. The molecule has 0 aliphatic rings. The number of anilines is 1. The second-order valence-corrected chi connectivity index (χ2v) is 7.34. The smallest absolute Gasteiger partial charge is 0.227 e. The lowest BCUT2D eigenvalue weighted by Gasteiger charge is -2.04. The van der Waals surface area contributed by atoms with Gasteiger partial charge in [0.25, 0.3) is 0 Å². The number of amides is 1. The average Bonchev–Trinajstić information content (AvgIpc) is 3.10. The molecule has 0 spiro atoms. The van der Waals surface area contributed by atoms with E-state index in [0.29, 0.717) is 23.9 Å². The number of benzene rings is 1. The monoisotopic (exact) mass is 487 g/mol. The van der Waals surface area contributed by atoms with Gasteiger partial charge in [-0.2, -0.15) is 10.2 Å². The largest absolute Gasteiger partial charge is 0.308 e. The SMILES string of the molecule is Cc1nn(CCC(=O)Nc2nn(Cc3ccc(F)cc3)cc2Cl)cc1I. The molecular weight excluding hydrogens is 472 g/mol. The highest BCUT2D eigenvalue weighted by Crippen LogP contribution is 2.20. The predicted molar refractivity (Wildman–Crippen MR) is 106 cm³/mol. The van der Waals surface area contributed by atoms with Crippen LogP contribution in [0.4, 0.5) is 10.2 Å². The third-order valence-electron chi connectivity index (χ3n) is 3.69. The molecule has 1 N–H and O–H groups in total. The van der Waals surface area contributed by atoms with Gasteiger partial charge in [0.2, 0.25) is 5.91 Å². The summed E-state index contributed by atoms with van der Waals surface area (Å²) < 4.78 is 17.4. The Labute approximate surface area is 168 Å². The van der Waals surface area contributed by atoms with E-state index in [2.05, 4.69) is 38.1 Å².